The number of benzene rings is 2. The maximum Gasteiger partial charge on any atom is 0.328 e. The van der Waals surface area contributed by atoms with Crippen LogP contribution in [0.25, 0.3) is 0 Å². The van der Waals surface area contributed by atoms with Crippen LogP contribution in [0.15, 0.2) is 48.5 Å². The monoisotopic (exact) mass is 409 g/mol. The Bertz CT molecular complexity index is 932. The van der Waals surface area contributed by atoms with Crippen molar-refractivity contribution in [1.82, 2.24) is 10.2 Å². The number of nitrogens with one attached hydrogen (secondary N) is 1. The Morgan fingerprint density at radius 2 is 1.47 bits per heavy atom. The van der Waals surface area contributed by atoms with Crippen molar-refractivity contribution >= 4 is 30.0 Å². The number of imide groups is 1. The van der Waals surface area contributed by atoms with Gasteiger partial charge in [0.15, 0.2) is 0 Å². The fourth-order valence-electron chi connectivity index (χ4n) is 3.73. The number of hydrogen-bond donors (Lipinski definition) is 2. The van der Waals surface area contributed by atoms with Crippen LogP contribution < -0.4 is 10.2 Å². The largest absolute Gasteiger partial charge is 0.483 e. The maximum atomic E-state index is 13.2. The Balaban J connectivity index is 0.000000806. The molecular formula is C22H23N3O5. The third-order valence-corrected chi connectivity index (χ3v) is 5.19. The molecule has 4 amide bonds. The minimum atomic E-state index is -0.477. The lowest BCUT2D eigenvalue weighted by molar-refractivity contribution is -0.123. The molecule has 4 rings (SSSR count). The Labute approximate surface area is 174 Å². The van der Waals surface area contributed by atoms with Gasteiger partial charge in [-0.15, -0.1) is 0 Å². The highest BCUT2D eigenvalue weighted by molar-refractivity contribution is 6.09. The summed E-state index contributed by atoms with van der Waals surface area (Å²) in [5.41, 5.74) is 3.62. The van der Waals surface area contributed by atoms with Gasteiger partial charge in [0.1, 0.15) is 0 Å². The zero-order chi connectivity index (χ0) is 21.5. The lowest BCUT2D eigenvalue weighted by atomic mass is 10.0. The molecule has 0 spiro atoms. The summed E-state index contributed by atoms with van der Waals surface area (Å²) in [4.78, 5) is 48.6. The van der Waals surface area contributed by atoms with Crippen LogP contribution in [-0.2, 0) is 22.4 Å². The van der Waals surface area contributed by atoms with Gasteiger partial charge in [-0.3, -0.25) is 24.6 Å². The van der Waals surface area contributed by atoms with E-state index < -0.39 is 6.03 Å². The first kappa shape index (κ1) is 21.0. The molecule has 2 heterocycles. The fraction of sp³-hybridized carbons (Fsp3) is 0.273. The van der Waals surface area contributed by atoms with Crippen LogP contribution in [0.5, 0.6) is 0 Å². The standard InChI is InChI=1S/C21H21N3O3.CH2O2/c25-19-11-14-24(21(27)22-19)18-8-4-3-7-17(18)20(26)23-12-9-15-5-1-2-6-16(15)10-13-23;2-1-3/h1-8H,9-14H2,(H,22,25,27);1H,(H,2,3). The van der Waals surface area contributed by atoms with E-state index in [4.69, 9.17) is 9.90 Å². The third kappa shape index (κ3) is 4.65. The van der Waals surface area contributed by atoms with Crippen molar-refractivity contribution in [2.75, 3.05) is 24.5 Å². The van der Waals surface area contributed by atoms with Gasteiger partial charge in [-0.25, -0.2) is 4.79 Å². The number of anilines is 1. The molecule has 0 unspecified atom stereocenters. The Hall–Kier alpha value is -3.68. The molecule has 0 saturated carbocycles. The number of urea groups is 1. The van der Waals surface area contributed by atoms with E-state index in [-0.39, 0.29) is 31.3 Å². The van der Waals surface area contributed by atoms with Gasteiger partial charge in [-0.05, 0) is 36.1 Å². The second-order valence-electron chi connectivity index (χ2n) is 6.94. The summed E-state index contributed by atoms with van der Waals surface area (Å²) in [5.74, 6) is -0.367. The molecule has 2 aromatic carbocycles. The highest BCUT2D eigenvalue weighted by Gasteiger charge is 2.29. The Kier molecular flexibility index (Phi) is 6.79. The smallest absolute Gasteiger partial charge is 0.328 e. The van der Waals surface area contributed by atoms with Crippen LogP contribution in [-0.4, -0.2) is 54.0 Å². The van der Waals surface area contributed by atoms with Gasteiger partial charge >= 0.3 is 6.03 Å². The molecule has 0 aromatic heterocycles. The van der Waals surface area contributed by atoms with Crippen LogP contribution in [0.3, 0.4) is 0 Å². The highest BCUT2D eigenvalue weighted by atomic mass is 16.3. The number of amides is 4. The third-order valence-electron chi connectivity index (χ3n) is 5.19. The number of rotatable bonds is 2. The molecule has 1 fully saturated rings. The summed E-state index contributed by atoms with van der Waals surface area (Å²) in [7, 11) is 0. The molecule has 2 aliphatic heterocycles. The lowest BCUT2D eigenvalue weighted by Gasteiger charge is -2.29. The van der Waals surface area contributed by atoms with E-state index in [0.717, 1.165) is 12.8 Å². The number of fused-ring (bicyclic) bond motifs is 1. The average Bonchev–Trinajstić information content (AvgIpc) is 2.97. The van der Waals surface area contributed by atoms with Crippen molar-refractivity contribution in [3.8, 4) is 0 Å². The average molecular weight is 409 g/mol. The second-order valence-corrected chi connectivity index (χ2v) is 6.94. The van der Waals surface area contributed by atoms with Crippen molar-refractivity contribution in [3.05, 3.63) is 65.2 Å². The molecule has 2 N–H and O–H groups in total. The topological polar surface area (TPSA) is 107 Å². The fourth-order valence-corrected chi connectivity index (χ4v) is 3.73. The van der Waals surface area contributed by atoms with E-state index in [0.29, 0.717) is 24.3 Å². The number of carbonyl (C=O) groups excluding carboxylic acids is 3. The molecule has 0 atom stereocenters. The summed E-state index contributed by atoms with van der Waals surface area (Å²) >= 11 is 0. The molecule has 156 valence electrons. The number of nitrogens with zero attached hydrogens (tertiary/aromatic N) is 2. The predicted molar refractivity (Wildman–Crippen MR) is 110 cm³/mol. The minimum Gasteiger partial charge on any atom is -0.483 e. The van der Waals surface area contributed by atoms with E-state index >= 15 is 0 Å². The molecular weight excluding hydrogens is 386 g/mol. The first-order valence-corrected chi connectivity index (χ1v) is 9.69. The van der Waals surface area contributed by atoms with Gasteiger partial charge in [0.25, 0.3) is 12.4 Å². The van der Waals surface area contributed by atoms with Crippen molar-refractivity contribution in [2.45, 2.75) is 19.3 Å². The molecule has 0 bridgehead atoms. The van der Waals surface area contributed by atoms with Crippen molar-refractivity contribution in [2.24, 2.45) is 0 Å². The quantitative estimate of drug-likeness (QED) is 0.739. The first-order valence-electron chi connectivity index (χ1n) is 9.69. The van der Waals surface area contributed by atoms with Crippen molar-refractivity contribution in [3.63, 3.8) is 0 Å². The van der Waals surface area contributed by atoms with Crippen LogP contribution in [0, 0.1) is 0 Å². The number of hydrogen-bond acceptors (Lipinski definition) is 4. The highest BCUT2D eigenvalue weighted by Crippen LogP contribution is 2.25. The second kappa shape index (κ2) is 9.69. The van der Waals surface area contributed by atoms with Crippen LogP contribution in [0.4, 0.5) is 10.5 Å². The van der Waals surface area contributed by atoms with E-state index in [2.05, 4.69) is 17.4 Å². The maximum absolute atomic E-state index is 13.2. The van der Waals surface area contributed by atoms with Gasteiger partial charge in [0.05, 0.1) is 11.3 Å². The molecule has 8 heteroatoms. The predicted octanol–water partition coefficient (Wildman–Crippen LogP) is 2.07. The van der Waals surface area contributed by atoms with Crippen LogP contribution >= 0.6 is 0 Å². The van der Waals surface area contributed by atoms with Crippen LogP contribution in [0.2, 0.25) is 0 Å². The van der Waals surface area contributed by atoms with E-state index in [1.54, 1.807) is 24.3 Å². The zero-order valence-corrected chi connectivity index (χ0v) is 16.4. The summed E-state index contributed by atoms with van der Waals surface area (Å²) in [6, 6.07) is 14.9. The molecule has 2 aromatic rings. The van der Waals surface area contributed by atoms with Gasteiger partial charge < -0.3 is 10.0 Å². The van der Waals surface area contributed by atoms with E-state index in [9.17, 15) is 14.4 Å². The summed E-state index contributed by atoms with van der Waals surface area (Å²) in [6.07, 6.45) is 1.87. The molecule has 30 heavy (non-hydrogen) atoms. The zero-order valence-electron chi connectivity index (χ0n) is 16.4. The lowest BCUT2D eigenvalue weighted by Crippen LogP contribution is -2.50. The molecule has 0 aliphatic carbocycles. The van der Waals surface area contributed by atoms with Gasteiger partial charge in [-0.2, -0.15) is 0 Å². The SMILES string of the molecule is O=C1CCN(c2ccccc2C(=O)N2CCc3ccccc3CC2)C(=O)N1.O=CO. The first-order chi connectivity index (χ1) is 14.5. The minimum absolute atomic E-state index is 0.0805. The van der Waals surface area contributed by atoms with E-state index in [1.807, 2.05) is 17.0 Å². The number of carboxylic acid groups (broad SMARTS) is 1. The molecule has 2 aliphatic rings. The van der Waals surface area contributed by atoms with Gasteiger partial charge in [0.2, 0.25) is 5.91 Å². The van der Waals surface area contributed by atoms with Crippen molar-refractivity contribution < 1.29 is 24.3 Å². The molecule has 0 radical (unpaired) electrons. The molecule has 8 nitrogen and oxygen atoms in total. The summed E-state index contributed by atoms with van der Waals surface area (Å²) in [5, 5.41) is 9.21. The number of para-hydroxylation sites is 1. The van der Waals surface area contributed by atoms with Crippen LogP contribution in [0.1, 0.15) is 27.9 Å². The number of carbonyl (C=O) groups is 4. The summed E-state index contributed by atoms with van der Waals surface area (Å²) in [6.45, 7) is 1.32. The van der Waals surface area contributed by atoms with E-state index in [1.165, 1.54) is 16.0 Å². The Morgan fingerprint density at radius 3 is 2.07 bits per heavy atom. The summed E-state index contributed by atoms with van der Waals surface area (Å²) < 4.78 is 0. The normalized spacial score (nSPS) is 15.9. The Morgan fingerprint density at radius 1 is 0.900 bits per heavy atom. The molecule has 1 saturated heterocycles. The van der Waals surface area contributed by atoms with Crippen molar-refractivity contribution in [1.29, 1.82) is 0 Å². The van der Waals surface area contributed by atoms with Gasteiger partial charge in [-0.1, -0.05) is 36.4 Å². The van der Waals surface area contributed by atoms with Gasteiger partial charge in [0, 0.05) is 26.1 Å².